The Hall–Kier alpha value is -0.780. The molecule has 5 heteroatoms. The van der Waals surface area contributed by atoms with E-state index < -0.39 is 0 Å². The van der Waals surface area contributed by atoms with Gasteiger partial charge in [-0.15, -0.1) is 0 Å². The number of aromatic hydroxyl groups is 1. The zero-order valence-electron chi connectivity index (χ0n) is 12.5. The number of phenols is 1. The Bertz CT molecular complexity index is 693. The van der Waals surface area contributed by atoms with E-state index in [1.54, 1.807) is 7.11 Å². The van der Waals surface area contributed by atoms with Crippen LogP contribution in [-0.2, 0) is 11.8 Å². The van der Waals surface area contributed by atoms with Crippen LogP contribution in [0.5, 0.6) is 11.5 Å². The van der Waals surface area contributed by atoms with Crippen molar-refractivity contribution in [3.8, 4) is 11.5 Å². The molecule has 1 saturated heterocycles. The summed E-state index contributed by atoms with van der Waals surface area (Å²) in [5, 5.41) is 24.9. The molecule has 2 saturated carbocycles. The molecule has 118 valence electrons. The molecule has 3 aliphatic carbocycles. The molecular formula is C17H20BrNO3. The molecule has 1 heterocycles. The summed E-state index contributed by atoms with van der Waals surface area (Å²) in [4.78, 5) is 0. The lowest BCUT2D eigenvalue weighted by Gasteiger charge is -2.47. The fourth-order valence-corrected chi connectivity index (χ4v) is 6.47. The molecule has 2 bridgehead atoms. The van der Waals surface area contributed by atoms with Gasteiger partial charge in [0.1, 0.15) is 0 Å². The maximum atomic E-state index is 10.9. The summed E-state index contributed by atoms with van der Waals surface area (Å²) in [6.45, 7) is 0. The van der Waals surface area contributed by atoms with Crippen LogP contribution in [0.15, 0.2) is 10.5 Å². The van der Waals surface area contributed by atoms with E-state index in [1.165, 1.54) is 5.56 Å². The summed E-state index contributed by atoms with van der Waals surface area (Å²) >= 11 is 3.68. The zero-order chi connectivity index (χ0) is 15.3. The van der Waals surface area contributed by atoms with Crippen molar-refractivity contribution >= 4 is 15.9 Å². The van der Waals surface area contributed by atoms with Gasteiger partial charge in [0.15, 0.2) is 11.5 Å². The lowest BCUT2D eigenvalue weighted by atomic mass is 9.59. The second-order valence-electron chi connectivity index (χ2n) is 7.59. The van der Waals surface area contributed by atoms with Crippen LogP contribution in [-0.4, -0.2) is 35.0 Å². The first-order valence-electron chi connectivity index (χ1n) is 8.05. The van der Waals surface area contributed by atoms with E-state index >= 15 is 0 Å². The van der Waals surface area contributed by atoms with Gasteiger partial charge < -0.3 is 20.3 Å². The van der Waals surface area contributed by atoms with E-state index in [1.807, 2.05) is 6.07 Å². The number of halogens is 1. The highest BCUT2D eigenvalue weighted by atomic mass is 79.9. The molecule has 4 aliphatic rings. The number of methoxy groups -OCH3 is 1. The summed E-state index contributed by atoms with van der Waals surface area (Å²) in [7, 11) is 1.59. The normalized spacial score (nSPS) is 44.0. The molecule has 22 heavy (non-hydrogen) atoms. The van der Waals surface area contributed by atoms with E-state index in [-0.39, 0.29) is 22.8 Å². The standard InChI is InChI=1S/C17H20BrNO3/c1-22-12-4-11(18)9-6-17-7-16(13(9)14(12)21)5-8(20)2-3-10(16)15(17)19-17/h4,8,10,15,19-21H,2-3,5-7H2,1H3/t8?,10?,15?,16-,17-/m1/s1. The molecule has 0 aromatic heterocycles. The Morgan fingerprint density at radius 1 is 1.41 bits per heavy atom. The minimum Gasteiger partial charge on any atom is -0.504 e. The third-order valence-electron chi connectivity index (χ3n) is 6.64. The van der Waals surface area contributed by atoms with Gasteiger partial charge in [0.05, 0.1) is 13.2 Å². The molecule has 3 N–H and O–H groups in total. The predicted molar refractivity (Wildman–Crippen MR) is 85.4 cm³/mol. The number of ether oxygens (including phenoxy) is 1. The van der Waals surface area contributed by atoms with Gasteiger partial charge in [-0.3, -0.25) is 0 Å². The Morgan fingerprint density at radius 2 is 2.23 bits per heavy atom. The number of aliphatic hydroxyl groups excluding tert-OH is 1. The summed E-state index contributed by atoms with van der Waals surface area (Å²) < 4.78 is 6.40. The van der Waals surface area contributed by atoms with E-state index in [9.17, 15) is 10.2 Å². The highest BCUT2D eigenvalue weighted by Crippen LogP contribution is 2.69. The molecule has 5 atom stereocenters. The largest absolute Gasteiger partial charge is 0.504 e. The highest BCUT2D eigenvalue weighted by Gasteiger charge is 2.74. The van der Waals surface area contributed by atoms with Gasteiger partial charge in [0.25, 0.3) is 0 Å². The first-order chi connectivity index (χ1) is 10.5. The van der Waals surface area contributed by atoms with Crippen LogP contribution in [0.4, 0.5) is 0 Å². The van der Waals surface area contributed by atoms with Crippen molar-refractivity contribution in [2.24, 2.45) is 5.92 Å². The van der Waals surface area contributed by atoms with Gasteiger partial charge in [-0.05, 0) is 49.7 Å². The van der Waals surface area contributed by atoms with Crippen molar-refractivity contribution < 1.29 is 14.9 Å². The van der Waals surface area contributed by atoms with Crippen LogP contribution in [0.25, 0.3) is 0 Å². The lowest BCUT2D eigenvalue weighted by Crippen LogP contribution is -2.47. The quantitative estimate of drug-likeness (QED) is 0.667. The number of aliphatic hydroxyl groups is 1. The monoisotopic (exact) mass is 365 g/mol. The maximum absolute atomic E-state index is 10.9. The molecule has 3 fully saturated rings. The first kappa shape index (κ1) is 13.6. The van der Waals surface area contributed by atoms with Crippen LogP contribution in [0.2, 0.25) is 0 Å². The molecule has 0 radical (unpaired) electrons. The second kappa shape index (κ2) is 4.00. The van der Waals surface area contributed by atoms with Gasteiger partial charge in [-0.25, -0.2) is 0 Å². The molecule has 5 rings (SSSR count). The van der Waals surface area contributed by atoms with Crippen LogP contribution in [0, 0.1) is 5.92 Å². The Kier molecular flexibility index (Phi) is 2.48. The van der Waals surface area contributed by atoms with Crippen LogP contribution in [0.3, 0.4) is 0 Å². The summed E-state index contributed by atoms with van der Waals surface area (Å²) in [6, 6.07) is 2.42. The highest BCUT2D eigenvalue weighted by molar-refractivity contribution is 9.10. The number of benzene rings is 1. The molecular weight excluding hydrogens is 346 g/mol. The number of piperidine rings is 1. The average molecular weight is 366 g/mol. The van der Waals surface area contributed by atoms with E-state index in [4.69, 9.17) is 4.74 Å². The Balaban J connectivity index is 1.79. The lowest BCUT2D eigenvalue weighted by molar-refractivity contribution is 0.0489. The van der Waals surface area contributed by atoms with Crippen molar-refractivity contribution in [3.05, 3.63) is 21.7 Å². The van der Waals surface area contributed by atoms with Gasteiger partial charge in [-0.1, -0.05) is 15.9 Å². The van der Waals surface area contributed by atoms with Crippen molar-refractivity contribution in [2.75, 3.05) is 7.11 Å². The average Bonchev–Trinajstić information content (AvgIpc) is 3.09. The van der Waals surface area contributed by atoms with Gasteiger partial charge in [0, 0.05) is 27.0 Å². The minimum absolute atomic E-state index is 0.0949. The summed E-state index contributed by atoms with van der Waals surface area (Å²) in [6.07, 6.45) is 4.40. The fourth-order valence-electron chi connectivity index (χ4n) is 5.92. The summed E-state index contributed by atoms with van der Waals surface area (Å²) in [5.74, 6) is 1.33. The van der Waals surface area contributed by atoms with Crippen molar-refractivity contribution in [1.29, 1.82) is 0 Å². The predicted octanol–water partition coefficient (Wildman–Crippen LogP) is 2.23. The molecule has 1 aromatic carbocycles. The van der Waals surface area contributed by atoms with Gasteiger partial charge in [-0.2, -0.15) is 0 Å². The summed E-state index contributed by atoms with van der Waals surface area (Å²) in [5.41, 5.74) is 2.35. The third-order valence-corrected chi connectivity index (χ3v) is 7.34. The molecule has 4 nitrogen and oxygen atoms in total. The SMILES string of the molecule is COc1cc(Br)c2c(c1O)[C@@]13CC(O)CCC1C1N[C@]1(C2)C3. The van der Waals surface area contributed by atoms with Gasteiger partial charge in [0.2, 0.25) is 0 Å². The number of rotatable bonds is 1. The molecule has 0 amide bonds. The first-order valence-corrected chi connectivity index (χ1v) is 8.85. The van der Waals surface area contributed by atoms with E-state index in [2.05, 4.69) is 21.2 Å². The van der Waals surface area contributed by atoms with E-state index in [0.717, 1.165) is 42.1 Å². The van der Waals surface area contributed by atoms with Crippen molar-refractivity contribution in [2.45, 2.75) is 55.2 Å². The Labute approximate surface area is 138 Å². The number of hydrogen-bond acceptors (Lipinski definition) is 4. The molecule has 1 aliphatic heterocycles. The molecule has 2 spiro atoms. The zero-order valence-corrected chi connectivity index (χ0v) is 14.1. The number of nitrogens with one attached hydrogen (secondary N) is 1. The van der Waals surface area contributed by atoms with Crippen LogP contribution >= 0.6 is 15.9 Å². The topological polar surface area (TPSA) is 71.6 Å². The molecule has 3 unspecified atom stereocenters. The fraction of sp³-hybridized carbons (Fsp3) is 0.647. The van der Waals surface area contributed by atoms with Crippen LogP contribution < -0.4 is 10.1 Å². The van der Waals surface area contributed by atoms with Crippen LogP contribution in [0.1, 0.15) is 36.8 Å². The van der Waals surface area contributed by atoms with E-state index in [0.29, 0.717) is 17.7 Å². The Morgan fingerprint density at radius 3 is 3.00 bits per heavy atom. The minimum atomic E-state index is -0.263. The number of hydrogen-bond donors (Lipinski definition) is 3. The second-order valence-corrected chi connectivity index (χ2v) is 8.45. The van der Waals surface area contributed by atoms with Crippen molar-refractivity contribution in [3.63, 3.8) is 0 Å². The number of fused-ring (bicyclic) bond motifs is 2. The van der Waals surface area contributed by atoms with Gasteiger partial charge >= 0.3 is 0 Å². The smallest absolute Gasteiger partial charge is 0.161 e. The number of phenolic OH excluding ortho intramolecular Hbond substituents is 1. The third kappa shape index (κ3) is 1.41. The van der Waals surface area contributed by atoms with Crippen molar-refractivity contribution in [1.82, 2.24) is 5.32 Å². The molecule has 1 aromatic rings. The maximum Gasteiger partial charge on any atom is 0.161 e.